The van der Waals surface area contributed by atoms with Crippen LogP contribution in [-0.4, -0.2) is 23.2 Å². The number of rotatable bonds is 3. The van der Waals surface area contributed by atoms with Gasteiger partial charge in [-0.2, -0.15) is 4.91 Å². The van der Waals surface area contributed by atoms with Crippen LogP contribution in [-0.2, 0) is 4.79 Å². The molecule has 0 aromatic heterocycles. The van der Waals surface area contributed by atoms with Crippen LogP contribution < -0.4 is 5.73 Å². The topological polar surface area (TPSA) is 92.8 Å². The number of nitrogens with two attached hydrogens (primary N) is 1. The Kier molecular flexibility index (Phi) is 3.36. The van der Waals surface area contributed by atoms with E-state index < -0.39 is 12.0 Å². The molecule has 0 saturated heterocycles. The van der Waals surface area contributed by atoms with Crippen LogP contribution in [0.5, 0.6) is 0 Å². The van der Waals surface area contributed by atoms with Crippen molar-refractivity contribution in [2.75, 3.05) is 0 Å². The van der Waals surface area contributed by atoms with E-state index in [0.717, 1.165) is 0 Å². The molecule has 1 aliphatic carbocycles. The Labute approximate surface area is 76.3 Å². The second-order valence-electron chi connectivity index (χ2n) is 3.54. The van der Waals surface area contributed by atoms with Gasteiger partial charge in [-0.05, 0) is 31.6 Å². The third kappa shape index (κ3) is 2.48. The molecule has 1 rings (SSSR count). The van der Waals surface area contributed by atoms with Gasteiger partial charge in [0.1, 0.15) is 6.04 Å². The molecule has 0 heterocycles. The zero-order valence-corrected chi connectivity index (χ0v) is 7.35. The van der Waals surface area contributed by atoms with Crippen LogP contribution in [0, 0.1) is 10.8 Å². The number of aliphatic carboxylic acids is 1. The van der Waals surface area contributed by atoms with E-state index in [1.807, 2.05) is 0 Å². The number of hydrogen-bond donors (Lipinski definition) is 2. The lowest BCUT2D eigenvalue weighted by Crippen LogP contribution is -2.40. The second kappa shape index (κ2) is 4.32. The molecular formula is C8H14N2O3. The van der Waals surface area contributed by atoms with Crippen LogP contribution in [0.2, 0.25) is 0 Å². The first-order chi connectivity index (χ1) is 6.15. The lowest BCUT2D eigenvalue weighted by Gasteiger charge is -2.26. The van der Waals surface area contributed by atoms with Crippen molar-refractivity contribution in [3.63, 3.8) is 0 Å². The van der Waals surface area contributed by atoms with Crippen LogP contribution in [0.25, 0.3) is 0 Å². The van der Waals surface area contributed by atoms with Gasteiger partial charge in [0, 0.05) is 0 Å². The van der Waals surface area contributed by atoms with Crippen molar-refractivity contribution in [1.29, 1.82) is 0 Å². The van der Waals surface area contributed by atoms with Crippen molar-refractivity contribution < 1.29 is 9.90 Å². The highest BCUT2D eigenvalue weighted by Gasteiger charge is 2.29. The highest BCUT2D eigenvalue weighted by Crippen LogP contribution is 2.27. The highest BCUT2D eigenvalue weighted by molar-refractivity contribution is 5.73. The van der Waals surface area contributed by atoms with Crippen LogP contribution in [0.15, 0.2) is 5.18 Å². The fourth-order valence-corrected chi connectivity index (χ4v) is 1.77. The average molecular weight is 186 g/mol. The Balaban J connectivity index is 2.40. The monoisotopic (exact) mass is 186 g/mol. The van der Waals surface area contributed by atoms with E-state index in [1.165, 1.54) is 0 Å². The molecule has 1 fully saturated rings. The standard InChI is InChI=1S/C8H14N2O3/c9-7(8(11)12)5-1-3-6(10-13)4-2-5/h5-7H,1-4,9H2,(H,11,12). The number of carboxylic acid groups (broad SMARTS) is 1. The molecule has 13 heavy (non-hydrogen) atoms. The Hall–Kier alpha value is -0.970. The molecule has 1 atom stereocenters. The Morgan fingerprint density at radius 1 is 1.38 bits per heavy atom. The van der Waals surface area contributed by atoms with E-state index in [-0.39, 0.29) is 12.0 Å². The number of nitroso groups, excluding NO2 is 1. The van der Waals surface area contributed by atoms with Gasteiger partial charge in [0.2, 0.25) is 0 Å². The summed E-state index contributed by atoms with van der Waals surface area (Å²) in [6.07, 6.45) is 2.75. The summed E-state index contributed by atoms with van der Waals surface area (Å²) in [5.74, 6) is -0.946. The van der Waals surface area contributed by atoms with Crippen LogP contribution in [0.4, 0.5) is 0 Å². The predicted molar refractivity (Wildman–Crippen MR) is 47.2 cm³/mol. The first kappa shape index (κ1) is 10.1. The van der Waals surface area contributed by atoms with Crippen molar-refractivity contribution in [2.24, 2.45) is 16.8 Å². The van der Waals surface area contributed by atoms with E-state index in [4.69, 9.17) is 10.8 Å². The Morgan fingerprint density at radius 2 is 1.92 bits per heavy atom. The van der Waals surface area contributed by atoms with Gasteiger partial charge >= 0.3 is 5.97 Å². The smallest absolute Gasteiger partial charge is 0.320 e. The van der Waals surface area contributed by atoms with E-state index in [2.05, 4.69) is 5.18 Å². The van der Waals surface area contributed by atoms with Gasteiger partial charge in [-0.3, -0.25) is 4.79 Å². The zero-order valence-electron chi connectivity index (χ0n) is 7.35. The van der Waals surface area contributed by atoms with E-state index >= 15 is 0 Å². The summed E-state index contributed by atoms with van der Waals surface area (Å²) in [7, 11) is 0. The Morgan fingerprint density at radius 3 is 2.31 bits per heavy atom. The first-order valence-electron chi connectivity index (χ1n) is 4.46. The quantitative estimate of drug-likeness (QED) is 0.635. The summed E-state index contributed by atoms with van der Waals surface area (Å²) in [6, 6.07) is -0.912. The molecule has 5 nitrogen and oxygen atoms in total. The normalized spacial score (nSPS) is 30.8. The zero-order chi connectivity index (χ0) is 9.84. The molecule has 0 aliphatic heterocycles. The van der Waals surface area contributed by atoms with Gasteiger partial charge in [-0.15, -0.1) is 0 Å². The SMILES string of the molecule is NC(C(=O)O)C1CCC(N=O)CC1. The summed E-state index contributed by atoms with van der Waals surface area (Å²) < 4.78 is 0. The summed E-state index contributed by atoms with van der Waals surface area (Å²) in [5.41, 5.74) is 5.47. The molecular weight excluding hydrogens is 172 g/mol. The lowest BCUT2D eigenvalue weighted by atomic mass is 9.82. The fraction of sp³-hybridized carbons (Fsp3) is 0.875. The molecule has 0 aromatic carbocycles. The number of hydrogen-bond acceptors (Lipinski definition) is 4. The minimum Gasteiger partial charge on any atom is -0.480 e. The van der Waals surface area contributed by atoms with E-state index in [9.17, 15) is 9.70 Å². The summed E-state index contributed by atoms with van der Waals surface area (Å²) in [6.45, 7) is 0. The summed E-state index contributed by atoms with van der Waals surface area (Å²) in [4.78, 5) is 20.7. The molecule has 0 aromatic rings. The van der Waals surface area contributed by atoms with E-state index in [1.54, 1.807) is 0 Å². The van der Waals surface area contributed by atoms with Crippen LogP contribution in [0.3, 0.4) is 0 Å². The second-order valence-corrected chi connectivity index (χ2v) is 3.54. The fourth-order valence-electron chi connectivity index (χ4n) is 1.77. The molecule has 74 valence electrons. The van der Waals surface area contributed by atoms with Gasteiger partial charge in [0.05, 0.1) is 6.04 Å². The summed E-state index contributed by atoms with van der Waals surface area (Å²) >= 11 is 0. The van der Waals surface area contributed by atoms with Crippen molar-refractivity contribution in [1.82, 2.24) is 0 Å². The number of carboxylic acids is 1. The van der Waals surface area contributed by atoms with E-state index in [0.29, 0.717) is 25.7 Å². The molecule has 0 spiro atoms. The van der Waals surface area contributed by atoms with Gasteiger partial charge in [-0.25, -0.2) is 0 Å². The maximum atomic E-state index is 10.5. The van der Waals surface area contributed by atoms with Crippen LogP contribution in [0.1, 0.15) is 25.7 Å². The molecule has 1 aliphatic rings. The molecule has 0 bridgehead atoms. The maximum Gasteiger partial charge on any atom is 0.320 e. The molecule has 1 saturated carbocycles. The van der Waals surface area contributed by atoms with Crippen molar-refractivity contribution in [3.05, 3.63) is 4.91 Å². The van der Waals surface area contributed by atoms with Gasteiger partial charge in [-0.1, -0.05) is 5.18 Å². The molecule has 0 radical (unpaired) electrons. The lowest BCUT2D eigenvalue weighted by molar-refractivity contribution is -0.140. The predicted octanol–water partition coefficient (Wildman–Crippen LogP) is 0.723. The third-order valence-electron chi connectivity index (χ3n) is 2.68. The van der Waals surface area contributed by atoms with Crippen LogP contribution >= 0.6 is 0 Å². The van der Waals surface area contributed by atoms with Gasteiger partial charge in [0.25, 0.3) is 0 Å². The van der Waals surface area contributed by atoms with Crippen molar-refractivity contribution >= 4 is 5.97 Å². The van der Waals surface area contributed by atoms with Gasteiger partial charge < -0.3 is 10.8 Å². The maximum absolute atomic E-state index is 10.5. The highest BCUT2D eigenvalue weighted by atomic mass is 16.4. The van der Waals surface area contributed by atoms with Crippen molar-refractivity contribution in [2.45, 2.75) is 37.8 Å². The summed E-state index contributed by atoms with van der Waals surface area (Å²) in [5, 5.41) is 11.6. The first-order valence-corrected chi connectivity index (χ1v) is 4.46. The molecule has 0 amide bonds. The Bertz CT molecular complexity index is 200. The molecule has 5 heteroatoms. The van der Waals surface area contributed by atoms with Gasteiger partial charge in [0.15, 0.2) is 0 Å². The molecule has 3 N–H and O–H groups in total. The molecule has 1 unspecified atom stereocenters. The number of carbonyl (C=O) groups is 1. The average Bonchev–Trinajstić information content (AvgIpc) is 2.17. The number of nitrogens with zero attached hydrogens (tertiary/aromatic N) is 1. The minimum atomic E-state index is -0.956. The minimum absolute atomic E-state index is 0.00972. The largest absolute Gasteiger partial charge is 0.480 e. The third-order valence-corrected chi connectivity index (χ3v) is 2.68. The van der Waals surface area contributed by atoms with Crippen molar-refractivity contribution in [3.8, 4) is 0 Å².